The van der Waals surface area contributed by atoms with E-state index in [-0.39, 0.29) is 18.5 Å². The van der Waals surface area contributed by atoms with Gasteiger partial charge in [0.05, 0.1) is 0 Å². The maximum atomic E-state index is 10.3. The monoisotopic (exact) mass is 161 g/mol. The van der Waals surface area contributed by atoms with Crippen LogP contribution in [0.5, 0.6) is 0 Å². The van der Waals surface area contributed by atoms with Crippen LogP contribution < -0.4 is 17.2 Å². The summed E-state index contributed by atoms with van der Waals surface area (Å²) < 4.78 is 0. The van der Waals surface area contributed by atoms with Gasteiger partial charge >= 0.3 is 5.97 Å². The van der Waals surface area contributed by atoms with E-state index >= 15 is 0 Å². The summed E-state index contributed by atoms with van der Waals surface area (Å²) in [6.45, 7) is 1.93. The Balaban J connectivity index is 4.00. The van der Waals surface area contributed by atoms with Gasteiger partial charge in [0.2, 0.25) is 0 Å². The third kappa shape index (κ3) is 2.83. The first-order valence-electron chi connectivity index (χ1n) is 3.44. The zero-order chi connectivity index (χ0) is 9.02. The first-order valence-corrected chi connectivity index (χ1v) is 3.44. The summed E-state index contributed by atoms with van der Waals surface area (Å²) in [6.07, 6.45) is 0. The highest BCUT2D eigenvalue weighted by Crippen LogP contribution is 2.03. The molecule has 0 rings (SSSR count). The van der Waals surface area contributed by atoms with E-state index in [1.165, 1.54) is 0 Å². The van der Waals surface area contributed by atoms with E-state index < -0.39 is 12.0 Å². The molecular formula is C6H15N3O2. The van der Waals surface area contributed by atoms with Gasteiger partial charge in [-0.2, -0.15) is 0 Å². The number of carbonyl (C=O) groups is 1. The second kappa shape index (κ2) is 4.27. The molecule has 0 aromatic rings. The normalized spacial score (nSPS) is 18.9. The molecule has 0 saturated carbocycles. The number of hydrogen-bond acceptors (Lipinski definition) is 4. The molecule has 7 N–H and O–H groups in total. The SMILES string of the molecule is C[C@H]([C@H](N)C(=O)O)[C@@H](N)CN. The van der Waals surface area contributed by atoms with Gasteiger partial charge in [-0.1, -0.05) is 6.92 Å². The molecule has 0 aliphatic carbocycles. The van der Waals surface area contributed by atoms with Crippen LogP contribution >= 0.6 is 0 Å². The summed E-state index contributed by atoms with van der Waals surface area (Å²) >= 11 is 0. The average molecular weight is 161 g/mol. The lowest BCUT2D eigenvalue weighted by Crippen LogP contribution is -2.48. The number of hydrogen-bond donors (Lipinski definition) is 4. The fraction of sp³-hybridized carbons (Fsp3) is 0.833. The summed E-state index contributed by atoms with van der Waals surface area (Å²) in [5, 5.41) is 8.48. The minimum absolute atomic E-state index is 0.252. The van der Waals surface area contributed by atoms with Crippen molar-refractivity contribution < 1.29 is 9.90 Å². The van der Waals surface area contributed by atoms with Crippen LogP contribution in [0.2, 0.25) is 0 Å². The molecule has 66 valence electrons. The number of rotatable bonds is 4. The van der Waals surface area contributed by atoms with Crippen LogP contribution in [0.3, 0.4) is 0 Å². The Labute approximate surface area is 65.5 Å². The molecule has 0 aromatic carbocycles. The fourth-order valence-electron chi connectivity index (χ4n) is 0.706. The number of carboxylic acid groups (broad SMARTS) is 1. The second-order valence-corrected chi connectivity index (χ2v) is 2.62. The molecule has 5 heteroatoms. The van der Waals surface area contributed by atoms with Gasteiger partial charge in [-0.05, 0) is 5.92 Å². The summed E-state index contributed by atoms with van der Waals surface area (Å²) in [5.41, 5.74) is 16.0. The standard InChI is InChI=1S/C6H15N3O2/c1-3(4(8)2-7)5(9)6(10)11/h3-5H,2,7-9H2,1H3,(H,10,11)/t3-,4-,5-/m0/s1. The minimum Gasteiger partial charge on any atom is -0.480 e. The second-order valence-electron chi connectivity index (χ2n) is 2.62. The molecule has 0 aromatic heterocycles. The number of aliphatic carboxylic acids is 1. The molecule has 0 unspecified atom stereocenters. The largest absolute Gasteiger partial charge is 0.480 e. The zero-order valence-electron chi connectivity index (χ0n) is 6.53. The van der Waals surface area contributed by atoms with Gasteiger partial charge in [0, 0.05) is 12.6 Å². The van der Waals surface area contributed by atoms with Gasteiger partial charge in [-0.15, -0.1) is 0 Å². The molecule has 0 fully saturated rings. The molecule has 0 bridgehead atoms. The van der Waals surface area contributed by atoms with E-state index in [4.69, 9.17) is 22.3 Å². The zero-order valence-corrected chi connectivity index (χ0v) is 6.53. The molecule has 0 spiro atoms. The molecule has 0 radical (unpaired) electrons. The van der Waals surface area contributed by atoms with Crippen LogP contribution in [0.4, 0.5) is 0 Å². The van der Waals surface area contributed by atoms with Gasteiger partial charge in [0.25, 0.3) is 0 Å². The van der Waals surface area contributed by atoms with Gasteiger partial charge in [0.15, 0.2) is 0 Å². The Kier molecular flexibility index (Phi) is 4.02. The van der Waals surface area contributed by atoms with E-state index in [2.05, 4.69) is 0 Å². The smallest absolute Gasteiger partial charge is 0.320 e. The van der Waals surface area contributed by atoms with Crippen molar-refractivity contribution in [2.45, 2.75) is 19.0 Å². The van der Waals surface area contributed by atoms with Crippen LogP contribution in [-0.4, -0.2) is 29.7 Å². The lowest BCUT2D eigenvalue weighted by molar-refractivity contribution is -0.139. The molecular weight excluding hydrogens is 146 g/mol. The molecule has 0 heterocycles. The third-order valence-electron chi connectivity index (χ3n) is 1.80. The van der Waals surface area contributed by atoms with Crippen molar-refractivity contribution in [3.8, 4) is 0 Å². The van der Waals surface area contributed by atoms with Gasteiger partial charge in [-0.25, -0.2) is 0 Å². The maximum Gasteiger partial charge on any atom is 0.320 e. The summed E-state index contributed by atoms with van der Waals surface area (Å²) in [6, 6.07) is -1.27. The topological polar surface area (TPSA) is 115 Å². The lowest BCUT2D eigenvalue weighted by atomic mass is 9.95. The van der Waals surface area contributed by atoms with Crippen LogP contribution in [-0.2, 0) is 4.79 Å². The predicted octanol–water partition coefficient (Wildman–Crippen LogP) is -1.68. The van der Waals surface area contributed by atoms with Gasteiger partial charge in [0.1, 0.15) is 6.04 Å². The number of carboxylic acids is 1. The average Bonchev–Trinajstić information content (AvgIpc) is 2.00. The van der Waals surface area contributed by atoms with Gasteiger partial charge in [-0.3, -0.25) is 4.79 Å². The van der Waals surface area contributed by atoms with Crippen molar-refractivity contribution in [2.75, 3.05) is 6.54 Å². The summed E-state index contributed by atoms with van der Waals surface area (Å²) in [7, 11) is 0. The highest BCUT2D eigenvalue weighted by atomic mass is 16.4. The molecule has 0 saturated heterocycles. The first kappa shape index (κ1) is 10.3. The minimum atomic E-state index is -1.04. The van der Waals surface area contributed by atoms with Crippen molar-refractivity contribution >= 4 is 5.97 Å². The predicted molar refractivity (Wildman–Crippen MR) is 41.8 cm³/mol. The Morgan fingerprint density at radius 2 is 2.00 bits per heavy atom. The maximum absolute atomic E-state index is 10.3. The van der Waals surface area contributed by atoms with Crippen LogP contribution in [0.15, 0.2) is 0 Å². The van der Waals surface area contributed by atoms with E-state index in [0.29, 0.717) is 0 Å². The van der Waals surface area contributed by atoms with Gasteiger partial charge < -0.3 is 22.3 Å². The van der Waals surface area contributed by atoms with Crippen LogP contribution in [0.1, 0.15) is 6.92 Å². The molecule has 11 heavy (non-hydrogen) atoms. The highest BCUT2D eigenvalue weighted by Gasteiger charge is 2.24. The summed E-state index contributed by atoms with van der Waals surface area (Å²) in [4.78, 5) is 10.3. The van der Waals surface area contributed by atoms with Crippen molar-refractivity contribution in [3.05, 3.63) is 0 Å². The van der Waals surface area contributed by atoms with E-state index in [0.717, 1.165) is 0 Å². The molecule has 5 nitrogen and oxygen atoms in total. The molecule has 0 aliphatic rings. The Morgan fingerprint density at radius 3 is 2.27 bits per heavy atom. The molecule has 0 aliphatic heterocycles. The summed E-state index contributed by atoms with van der Waals surface area (Å²) in [5.74, 6) is -1.33. The van der Waals surface area contributed by atoms with Crippen molar-refractivity contribution in [3.63, 3.8) is 0 Å². The highest BCUT2D eigenvalue weighted by molar-refractivity contribution is 5.73. The van der Waals surface area contributed by atoms with Crippen molar-refractivity contribution in [2.24, 2.45) is 23.1 Å². The van der Waals surface area contributed by atoms with Crippen LogP contribution in [0.25, 0.3) is 0 Å². The van der Waals surface area contributed by atoms with E-state index in [1.807, 2.05) is 0 Å². The third-order valence-corrected chi connectivity index (χ3v) is 1.80. The molecule has 0 amide bonds. The van der Waals surface area contributed by atoms with Crippen molar-refractivity contribution in [1.29, 1.82) is 0 Å². The quantitative estimate of drug-likeness (QED) is 0.393. The first-order chi connectivity index (χ1) is 5.00. The Morgan fingerprint density at radius 1 is 1.55 bits per heavy atom. The Hall–Kier alpha value is -0.650. The fourth-order valence-corrected chi connectivity index (χ4v) is 0.706. The van der Waals surface area contributed by atoms with E-state index in [9.17, 15) is 4.79 Å². The van der Waals surface area contributed by atoms with Crippen LogP contribution in [0, 0.1) is 5.92 Å². The number of nitrogens with two attached hydrogens (primary N) is 3. The van der Waals surface area contributed by atoms with Crippen molar-refractivity contribution in [1.82, 2.24) is 0 Å². The Bertz CT molecular complexity index is 140. The van der Waals surface area contributed by atoms with E-state index in [1.54, 1.807) is 6.92 Å². The molecule has 3 atom stereocenters. The lowest BCUT2D eigenvalue weighted by Gasteiger charge is -2.21.